The lowest BCUT2D eigenvalue weighted by Crippen LogP contribution is -2.27. The Bertz CT molecular complexity index is 1520. The van der Waals surface area contributed by atoms with Crippen molar-refractivity contribution in [3.63, 3.8) is 0 Å². The molecule has 3 aromatic rings. The molecule has 0 saturated heterocycles. The monoisotopic (exact) mass is 637 g/mol. The highest BCUT2D eigenvalue weighted by Crippen LogP contribution is 2.28. The lowest BCUT2D eigenvalue weighted by Gasteiger charge is -2.11. The molecule has 15 nitrogen and oxygen atoms in total. The van der Waals surface area contributed by atoms with Gasteiger partial charge >= 0.3 is 5.97 Å². The number of rotatable bonds is 17. The molecule has 2 N–H and O–H groups in total. The normalized spacial score (nSPS) is 11.8. The average molecular weight is 638 g/mol. The van der Waals surface area contributed by atoms with Crippen LogP contribution in [0.5, 0.6) is 0 Å². The number of carbonyl (C=O) groups excluding carboxylic acids is 1. The maximum absolute atomic E-state index is 13.0. The van der Waals surface area contributed by atoms with Gasteiger partial charge in [-0.15, -0.1) is 0 Å². The summed E-state index contributed by atoms with van der Waals surface area (Å²) in [5.74, 6) is -1.36. The Labute approximate surface area is 248 Å². The highest BCUT2D eigenvalue weighted by atomic mass is 32.2. The van der Waals surface area contributed by atoms with Gasteiger partial charge in [0, 0.05) is 60.5 Å². The van der Waals surface area contributed by atoms with Crippen LogP contribution < -0.4 is 5.32 Å². The Kier molecular flexibility index (Phi) is 12.1. The van der Waals surface area contributed by atoms with Gasteiger partial charge in [0.2, 0.25) is 30.0 Å². The van der Waals surface area contributed by atoms with E-state index in [1.165, 1.54) is 24.8 Å². The third kappa shape index (κ3) is 11.0. The first kappa shape index (κ1) is 33.6. The summed E-state index contributed by atoms with van der Waals surface area (Å²) in [5, 5.41) is 10.6. The Hall–Kier alpha value is -3.90. The standard InChI is InChI=1S/C26H31N5O10S2/c1-42(35,36)25-28-14-21(15-29-25)18-11-19(22-16-30-26(31-17-22)43(2,37)38)13-20(12-18)24(34)27-4-6-40-8-10-41-9-7-39-5-3-23(32)33/h11-17H,3-10H2,1-2H3,(H,27,34)(H,32,33). The van der Waals surface area contributed by atoms with Crippen molar-refractivity contribution in [2.45, 2.75) is 16.7 Å². The summed E-state index contributed by atoms with van der Waals surface area (Å²) in [6, 6.07) is 4.85. The number of aromatic nitrogens is 4. The minimum absolute atomic E-state index is 0.0692. The zero-order valence-electron chi connectivity index (χ0n) is 23.4. The van der Waals surface area contributed by atoms with Crippen LogP contribution in [0, 0.1) is 0 Å². The van der Waals surface area contributed by atoms with E-state index in [1.54, 1.807) is 18.2 Å². The van der Waals surface area contributed by atoms with E-state index in [0.717, 1.165) is 12.5 Å². The van der Waals surface area contributed by atoms with Gasteiger partial charge < -0.3 is 24.6 Å². The van der Waals surface area contributed by atoms with Crippen molar-refractivity contribution >= 4 is 31.6 Å². The maximum atomic E-state index is 13.0. The van der Waals surface area contributed by atoms with Crippen molar-refractivity contribution in [2.24, 2.45) is 0 Å². The quantitative estimate of drug-likeness (QED) is 0.154. The zero-order chi connectivity index (χ0) is 31.5. The fraction of sp³-hybridized carbons (Fsp3) is 0.385. The van der Waals surface area contributed by atoms with Gasteiger partial charge in [-0.05, 0) is 29.3 Å². The van der Waals surface area contributed by atoms with Crippen LogP contribution in [0.4, 0.5) is 0 Å². The molecule has 232 valence electrons. The molecule has 0 saturated carbocycles. The van der Waals surface area contributed by atoms with Gasteiger partial charge in [-0.2, -0.15) is 0 Å². The van der Waals surface area contributed by atoms with Gasteiger partial charge in [-0.1, -0.05) is 0 Å². The molecular weight excluding hydrogens is 606 g/mol. The van der Waals surface area contributed by atoms with Crippen LogP contribution in [-0.2, 0) is 38.7 Å². The molecule has 0 fully saturated rings. The van der Waals surface area contributed by atoms with E-state index in [1.807, 2.05) is 0 Å². The van der Waals surface area contributed by atoms with Gasteiger partial charge in [0.25, 0.3) is 5.91 Å². The molecule has 17 heteroatoms. The molecule has 0 unspecified atom stereocenters. The predicted molar refractivity (Wildman–Crippen MR) is 152 cm³/mol. The Morgan fingerprint density at radius 2 is 1.09 bits per heavy atom. The van der Waals surface area contributed by atoms with Crippen molar-refractivity contribution in [2.75, 3.05) is 58.7 Å². The second-order valence-electron chi connectivity index (χ2n) is 9.09. The second kappa shape index (κ2) is 15.5. The highest BCUT2D eigenvalue weighted by molar-refractivity contribution is 7.90. The van der Waals surface area contributed by atoms with E-state index in [0.29, 0.717) is 35.5 Å². The van der Waals surface area contributed by atoms with Crippen molar-refractivity contribution in [1.29, 1.82) is 0 Å². The van der Waals surface area contributed by atoms with E-state index in [-0.39, 0.29) is 55.3 Å². The number of sulfone groups is 2. The minimum Gasteiger partial charge on any atom is -0.481 e. The van der Waals surface area contributed by atoms with Crippen molar-refractivity contribution in [3.8, 4) is 22.3 Å². The van der Waals surface area contributed by atoms with Gasteiger partial charge in [-0.3, -0.25) is 9.59 Å². The number of amides is 1. The largest absolute Gasteiger partial charge is 0.481 e. The lowest BCUT2D eigenvalue weighted by atomic mass is 9.98. The lowest BCUT2D eigenvalue weighted by molar-refractivity contribution is -0.138. The van der Waals surface area contributed by atoms with E-state index in [9.17, 15) is 26.4 Å². The number of ether oxygens (including phenoxy) is 3. The number of carbonyl (C=O) groups is 2. The van der Waals surface area contributed by atoms with Crippen LogP contribution in [0.3, 0.4) is 0 Å². The van der Waals surface area contributed by atoms with Gasteiger partial charge in [0.15, 0.2) is 0 Å². The van der Waals surface area contributed by atoms with Crippen LogP contribution in [0.25, 0.3) is 22.3 Å². The summed E-state index contributed by atoms with van der Waals surface area (Å²) < 4.78 is 62.9. The number of hydrogen-bond donors (Lipinski definition) is 2. The zero-order valence-corrected chi connectivity index (χ0v) is 25.1. The number of carboxylic acid groups (broad SMARTS) is 1. The van der Waals surface area contributed by atoms with Crippen LogP contribution in [0.2, 0.25) is 0 Å². The minimum atomic E-state index is -3.61. The summed E-state index contributed by atoms with van der Waals surface area (Å²) in [4.78, 5) is 39.1. The van der Waals surface area contributed by atoms with Crippen molar-refractivity contribution < 1.29 is 45.7 Å². The van der Waals surface area contributed by atoms with Gasteiger partial charge in [0.1, 0.15) is 0 Å². The molecule has 3 rings (SSSR count). The van der Waals surface area contributed by atoms with E-state index < -0.39 is 31.6 Å². The Balaban J connectivity index is 1.64. The number of aliphatic carboxylic acids is 1. The summed E-state index contributed by atoms with van der Waals surface area (Å²) in [6.07, 6.45) is 7.21. The molecule has 43 heavy (non-hydrogen) atoms. The molecule has 0 aliphatic carbocycles. The molecule has 0 atom stereocenters. The maximum Gasteiger partial charge on any atom is 0.305 e. The predicted octanol–water partition coefficient (Wildman–Crippen LogP) is 0.662. The van der Waals surface area contributed by atoms with E-state index in [2.05, 4.69) is 25.3 Å². The third-order valence-corrected chi connectivity index (χ3v) is 7.27. The molecule has 0 bridgehead atoms. The molecule has 1 amide bonds. The molecular formula is C26H31N5O10S2. The van der Waals surface area contributed by atoms with Gasteiger partial charge in [-0.25, -0.2) is 36.8 Å². The van der Waals surface area contributed by atoms with Crippen molar-refractivity contribution in [3.05, 3.63) is 48.5 Å². The summed E-state index contributed by atoms with van der Waals surface area (Å²) in [7, 11) is -7.23. The SMILES string of the molecule is CS(=O)(=O)c1ncc(-c2cc(C(=O)NCCOCCOCCOCCC(=O)O)cc(-c3cnc(S(C)(=O)=O)nc3)c2)cn1. The number of nitrogens with one attached hydrogen (secondary N) is 1. The summed E-state index contributed by atoms with van der Waals surface area (Å²) >= 11 is 0. The van der Waals surface area contributed by atoms with Gasteiger partial charge in [0.05, 0.1) is 46.1 Å². The first-order valence-electron chi connectivity index (χ1n) is 12.8. The molecule has 0 aliphatic rings. The topological polar surface area (TPSA) is 214 Å². The average Bonchev–Trinajstić information content (AvgIpc) is 2.96. The first-order valence-corrected chi connectivity index (χ1v) is 16.6. The number of nitrogens with zero attached hydrogens (tertiary/aromatic N) is 4. The second-order valence-corrected chi connectivity index (χ2v) is 12.9. The Morgan fingerprint density at radius 3 is 1.51 bits per heavy atom. The number of carboxylic acids is 1. The fourth-order valence-electron chi connectivity index (χ4n) is 3.45. The van der Waals surface area contributed by atoms with Crippen molar-refractivity contribution in [1.82, 2.24) is 25.3 Å². The summed E-state index contributed by atoms with van der Waals surface area (Å²) in [5.41, 5.74) is 2.11. The smallest absolute Gasteiger partial charge is 0.305 e. The molecule has 2 aromatic heterocycles. The van der Waals surface area contributed by atoms with Crippen LogP contribution in [-0.4, -0.2) is 112 Å². The van der Waals surface area contributed by atoms with E-state index >= 15 is 0 Å². The molecule has 0 radical (unpaired) electrons. The highest BCUT2D eigenvalue weighted by Gasteiger charge is 2.16. The summed E-state index contributed by atoms with van der Waals surface area (Å²) in [6.45, 7) is 1.65. The number of benzene rings is 1. The Morgan fingerprint density at radius 1 is 0.674 bits per heavy atom. The molecule has 2 heterocycles. The van der Waals surface area contributed by atoms with Crippen LogP contribution >= 0.6 is 0 Å². The van der Waals surface area contributed by atoms with Crippen LogP contribution in [0.1, 0.15) is 16.8 Å². The molecule has 0 aliphatic heterocycles. The van der Waals surface area contributed by atoms with Crippen LogP contribution in [0.15, 0.2) is 53.3 Å². The third-order valence-electron chi connectivity index (χ3n) is 5.52. The first-order chi connectivity index (χ1) is 20.3. The number of hydrogen-bond acceptors (Lipinski definition) is 13. The fourth-order valence-corrected chi connectivity index (χ4v) is 4.42. The molecule has 1 aromatic carbocycles. The van der Waals surface area contributed by atoms with E-state index in [4.69, 9.17) is 19.3 Å². The molecule has 0 spiro atoms.